The summed E-state index contributed by atoms with van der Waals surface area (Å²) in [6.07, 6.45) is 3.15. The molecule has 5 nitrogen and oxygen atoms in total. The lowest BCUT2D eigenvalue weighted by atomic mass is 9.94. The van der Waals surface area contributed by atoms with Crippen molar-refractivity contribution in [1.29, 1.82) is 0 Å². The lowest BCUT2D eigenvalue weighted by molar-refractivity contribution is -0.148. The van der Waals surface area contributed by atoms with Crippen LogP contribution in [0.15, 0.2) is 0 Å². The molecule has 1 N–H and O–H groups in total. The molecule has 0 aliphatic rings. The van der Waals surface area contributed by atoms with Gasteiger partial charge in [0.2, 0.25) is 0 Å². The van der Waals surface area contributed by atoms with Gasteiger partial charge in [0.25, 0.3) is 0 Å². The first-order chi connectivity index (χ1) is 9.85. The highest BCUT2D eigenvalue weighted by Crippen LogP contribution is 2.16. The molecule has 0 aromatic heterocycles. The first kappa shape index (κ1) is 20.3. The van der Waals surface area contributed by atoms with Gasteiger partial charge in [-0.3, -0.25) is 4.79 Å². The molecule has 0 spiro atoms. The molecule has 0 aromatic carbocycles. The lowest BCUT2D eigenvalue weighted by Crippen LogP contribution is -2.50. The molecule has 0 heterocycles. The molecule has 1 atom stereocenters. The van der Waals surface area contributed by atoms with Crippen molar-refractivity contribution in [3.05, 3.63) is 0 Å². The Balaban J connectivity index is 3.92. The maximum atomic E-state index is 11.8. The smallest absolute Gasteiger partial charge is 0.325 e. The number of ether oxygens (including phenoxy) is 2. The summed E-state index contributed by atoms with van der Waals surface area (Å²) < 4.78 is 10.4. The van der Waals surface area contributed by atoms with Crippen molar-refractivity contribution in [2.24, 2.45) is 0 Å². The van der Waals surface area contributed by atoms with Crippen LogP contribution in [0.3, 0.4) is 0 Å². The molecular formula is C16H34N2O3. The summed E-state index contributed by atoms with van der Waals surface area (Å²) in [4.78, 5) is 14.1. The van der Waals surface area contributed by atoms with Crippen LogP contribution in [0.5, 0.6) is 0 Å². The maximum Gasteiger partial charge on any atom is 0.325 e. The predicted octanol–water partition coefficient (Wildman–Crippen LogP) is 2.05. The van der Waals surface area contributed by atoms with E-state index in [1.54, 1.807) is 0 Å². The van der Waals surface area contributed by atoms with Crippen molar-refractivity contribution < 1.29 is 14.3 Å². The number of methoxy groups -OCH3 is 1. The van der Waals surface area contributed by atoms with E-state index in [4.69, 9.17) is 9.47 Å². The number of carbonyl (C=O) groups excluding carboxylic acids is 1. The zero-order valence-electron chi connectivity index (χ0n) is 14.7. The van der Waals surface area contributed by atoms with Crippen LogP contribution in [-0.4, -0.2) is 62.9 Å². The van der Waals surface area contributed by atoms with Crippen molar-refractivity contribution in [2.45, 2.75) is 58.6 Å². The van der Waals surface area contributed by atoms with Crippen molar-refractivity contribution in [3.63, 3.8) is 0 Å². The maximum absolute atomic E-state index is 11.8. The van der Waals surface area contributed by atoms with Crippen molar-refractivity contribution in [1.82, 2.24) is 10.2 Å². The molecule has 126 valence electrons. The minimum atomic E-state index is -0.567. The van der Waals surface area contributed by atoms with E-state index in [2.05, 4.69) is 17.3 Å². The highest BCUT2D eigenvalue weighted by molar-refractivity contribution is 5.80. The molecule has 21 heavy (non-hydrogen) atoms. The highest BCUT2D eigenvalue weighted by atomic mass is 16.5. The second-order valence-electron chi connectivity index (χ2n) is 6.03. The molecule has 0 amide bonds. The lowest BCUT2D eigenvalue weighted by Gasteiger charge is -2.27. The SMILES string of the molecule is CCNC(C)(CCCCN(C)CCOC(C)C)C(=O)OC. The molecule has 0 radical (unpaired) electrons. The third-order valence-electron chi connectivity index (χ3n) is 3.59. The Morgan fingerprint density at radius 1 is 1.29 bits per heavy atom. The zero-order chi connectivity index (χ0) is 16.3. The number of rotatable bonds is 12. The van der Waals surface area contributed by atoms with Gasteiger partial charge < -0.3 is 19.7 Å². The highest BCUT2D eigenvalue weighted by Gasteiger charge is 2.32. The van der Waals surface area contributed by atoms with E-state index in [0.717, 1.165) is 45.5 Å². The number of esters is 1. The Bertz CT molecular complexity index is 285. The second-order valence-corrected chi connectivity index (χ2v) is 6.03. The number of carbonyl (C=O) groups is 1. The summed E-state index contributed by atoms with van der Waals surface area (Å²) in [5, 5.41) is 3.24. The van der Waals surface area contributed by atoms with Crippen molar-refractivity contribution in [2.75, 3.05) is 40.4 Å². The van der Waals surface area contributed by atoms with Crippen LogP contribution < -0.4 is 5.32 Å². The van der Waals surface area contributed by atoms with E-state index in [-0.39, 0.29) is 5.97 Å². The Morgan fingerprint density at radius 3 is 2.48 bits per heavy atom. The fraction of sp³-hybridized carbons (Fsp3) is 0.938. The van der Waals surface area contributed by atoms with Gasteiger partial charge in [-0.25, -0.2) is 0 Å². The molecule has 0 fully saturated rings. The number of unbranched alkanes of at least 4 members (excludes halogenated alkanes) is 1. The van der Waals surface area contributed by atoms with Gasteiger partial charge in [-0.1, -0.05) is 6.92 Å². The molecule has 0 rings (SSSR count). The standard InChI is InChI=1S/C16H34N2O3/c1-7-17-16(4,15(19)20-6)10-8-9-11-18(5)12-13-21-14(2)3/h14,17H,7-13H2,1-6H3. The van der Waals surface area contributed by atoms with Gasteiger partial charge in [0, 0.05) is 6.54 Å². The fourth-order valence-corrected chi connectivity index (χ4v) is 2.29. The third-order valence-corrected chi connectivity index (χ3v) is 3.59. The summed E-state index contributed by atoms with van der Waals surface area (Å²) in [5.41, 5.74) is -0.567. The molecule has 0 aliphatic carbocycles. The van der Waals surface area contributed by atoms with Gasteiger partial charge in [-0.2, -0.15) is 0 Å². The average molecular weight is 302 g/mol. The number of nitrogens with zero attached hydrogens (tertiary/aromatic N) is 1. The summed E-state index contributed by atoms with van der Waals surface area (Å²) in [7, 11) is 3.55. The molecule has 0 bridgehead atoms. The number of nitrogens with one attached hydrogen (secondary N) is 1. The van der Waals surface area contributed by atoms with Crippen molar-refractivity contribution in [3.8, 4) is 0 Å². The first-order valence-corrected chi connectivity index (χ1v) is 7.99. The summed E-state index contributed by atoms with van der Waals surface area (Å²) in [6, 6.07) is 0. The quantitative estimate of drug-likeness (QED) is 0.442. The molecule has 0 saturated heterocycles. The summed E-state index contributed by atoms with van der Waals surface area (Å²) in [6.45, 7) is 11.5. The zero-order valence-corrected chi connectivity index (χ0v) is 14.7. The Kier molecular flexibility index (Phi) is 10.6. The van der Waals surface area contributed by atoms with Gasteiger partial charge in [0.1, 0.15) is 5.54 Å². The molecular weight excluding hydrogens is 268 g/mol. The van der Waals surface area contributed by atoms with Gasteiger partial charge in [0.05, 0.1) is 19.8 Å². The first-order valence-electron chi connectivity index (χ1n) is 7.99. The predicted molar refractivity (Wildman–Crippen MR) is 86.5 cm³/mol. The largest absolute Gasteiger partial charge is 0.468 e. The molecule has 5 heteroatoms. The Morgan fingerprint density at radius 2 is 1.95 bits per heavy atom. The van der Waals surface area contributed by atoms with E-state index in [1.165, 1.54) is 7.11 Å². The van der Waals surface area contributed by atoms with E-state index in [9.17, 15) is 4.79 Å². The topological polar surface area (TPSA) is 50.8 Å². The number of hydrogen-bond donors (Lipinski definition) is 1. The van der Waals surface area contributed by atoms with Crippen LogP contribution in [0.1, 0.15) is 47.0 Å². The minimum absolute atomic E-state index is 0.178. The van der Waals surface area contributed by atoms with Crippen molar-refractivity contribution >= 4 is 5.97 Å². The Labute approximate surface area is 130 Å². The second kappa shape index (κ2) is 11.0. The third kappa shape index (κ3) is 9.06. The molecule has 0 aromatic rings. The van der Waals surface area contributed by atoms with Crippen LogP contribution in [0.4, 0.5) is 0 Å². The van der Waals surface area contributed by atoms with Crippen LogP contribution in [0, 0.1) is 0 Å². The Hall–Kier alpha value is -0.650. The van der Waals surface area contributed by atoms with Crippen LogP contribution in [-0.2, 0) is 14.3 Å². The van der Waals surface area contributed by atoms with Crippen LogP contribution in [0.25, 0.3) is 0 Å². The molecule has 1 unspecified atom stereocenters. The van der Waals surface area contributed by atoms with E-state index in [1.807, 2.05) is 27.7 Å². The van der Waals surface area contributed by atoms with E-state index < -0.39 is 5.54 Å². The van der Waals surface area contributed by atoms with Crippen LogP contribution in [0.2, 0.25) is 0 Å². The minimum Gasteiger partial charge on any atom is -0.468 e. The number of hydrogen-bond acceptors (Lipinski definition) is 5. The van der Waals surface area contributed by atoms with E-state index in [0.29, 0.717) is 6.10 Å². The normalized spacial score (nSPS) is 14.5. The monoisotopic (exact) mass is 302 g/mol. The van der Waals surface area contributed by atoms with Gasteiger partial charge in [-0.05, 0) is 60.2 Å². The van der Waals surface area contributed by atoms with E-state index >= 15 is 0 Å². The molecule has 0 aliphatic heterocycles. The molecule has 0 saturated carbocycles. The van der Waals surface area contributed by atoms with Crippen LogP contribution >= 0.6 is 0 Å². The summed E-state index contributed by atoms with van der Waals surface area (Å²) in [5.74, 6) is -0.178. The van der Waals surface area contributed by atoms with Gasteiger partial charge in [0.15, 0.2) is 0 Å². The van der Waals surface area contributed by atoms with Gasteiger partial charge in [-0.15, -0.1) is 0 Å². The number of likely N-dealkylation sites (N-methyl/N-ethyl adjacent to an activating group) is 2. The van der Waals surface area contributed by atoms with Gasteiger partial charge >= 0.3 is 5.97 Å². The summed E-state index contributed by atoms with van der Waals surface area (Å²) >= 11 is 0. The average Bonchev–Trinajstić information content (AvgIpc) is 2.42. The fourth-order valence-electron chi connectivity index (χ4n) is 2.29.